The van der Waals surface area contributed by atoms with Crippen LogP contribution in [0.4, 0.5) is 5.69 Å². The molecule has 1 aliphatic heterocycles. The van der Waals surface area contributed by atoms with Gasteiger partial charge in [0.1, 0.15) is 17.1 Å². The molecule has 1 N–H and O–H groups in total. The van der Waals surface area contributed by atoms with Crippen molar-refractivity contribution in [3.8, 4) is 11.3 Å². The molecular formula is C19H15N3O5S. The molecule has 0 spiro atoms. The first-order chi connectivity index (χ1) is 13.3. The van der Waals surface area contributed by atoms with E-state index < -0.39 is 16.7 Å². The maximum absolute atomic E-state index is 12.5. The van der Waals surface area contributed by atoms with Crippen LogP contribution in [0.1, 0.15) is 11.3 Å². The molecule has 142 valence electrons. The van der Waals surface area contributed by atoms with Crippen molar-refractivity contribution in [2.45, 2.75) is 6.92 Å². The Labute approximate surface area is 165 Å². The first-order valence-electron chi connectivity index (χ1n) is 8.17. The van der Waals surface area contributed by atoms with Gasteiger partial charge in [0.2, 0.25) is 0 Å². The van der Waals surface area contributed by atoms with E-state index in [1.807, 2.05) is 0 Å². The van der Waals surface area contributed by atoms with Gasteiger partial charge in [-0.3, -0.25) is 29.9 Å². The van der Waals surface area contributed by atoms with Crippen LogP contribution in [0.3, 0.4) is 0 Å². The lowest BCUT2D eigenvalue weighted by Crippen LogP contribution is -2.53. The van der Waals surface area contributed by atoms with Gasteiger partial charge >= 0.3 is 0 Å². The van der Waals surface area contributed by atoms with E-state index in [4.69, 9.17) is 16.6 Å². The number of carbonyl (C=O) groups excluding carboxylic acids is 2. The number of nitro groups is 1. The summed E-state index contributed by atoms with van der Waals surface area (Å²) in [5.74, 6) is -0.406. The van der Waals surface area contributed by atoms with Gasteiger partial charge in [0.15, 0.2) is 5.11 Å². The summed E-state index contributed by atoms with van der Waals surface area (Å²) in [4.78, 5) is 36.3. The number of nitrogens with one attached hydrogen (secondary N) is 1. The summed E-state index contributed by atoms with van der Waals surface area (Å²) >= 11 is 5.00. The number of rotatable bonds is 5. The molecule has 0 bridgehead atoms. The van der Waals surface area contributed by atoms with Crippen LogP contribution in [0, 0.1) is 17.0 Å². The average molecular weight is 397 g/mol. The van der Waals surface area contributed by atoms with Crippen molar-refractivity contribution in [3.63, 3.8) is 0 Å². The molecule has 8 nitrogen and oxygen atoms in total. The monoisotopic (exact) mass is 397 g/mol. The second-order valence-electron chi connectivity index (χ2n) is 5.98. The Morgan fingerprint density at radius 3 is 2.71 bits per heavy atom. The van der Waals surface area contributed by atoms with E-state index in [9.17, 15) is 19.7 Å². The topological polar surface area (TPSA) is 106 Å². The highest BCUT2D eigenvalue weighted by atomic mass is 32.1. The normalized spacial score (nSPS) is 15.7. The zero-order valence-corrected chi connectivity index (χ0v) is 15.6. The number of benzene rings is 1. The second kappa shape index (κ2) is 7.57. The molecule has 2 heterocycles. The first kappa shape index (κ1) is 19.2. The fourth-order valence-electron chi connectivity index (χ4n) is 2.74. The molecule has 0 aliphatic carbocycles. The van der Waals surface area contributed by atoms with Crippen molar-refractivity contribution < 1.29 is 18.9 Å². The van der Waals surface area contributed by atoms with E-state index in [2.05, 4.69) is 11.9 Å². The number of aryl methyl sites for hydroxylation is 1. The van der Waals surface area contributed by atoms with E-state index in [-0.39, 0.29) is 28.7 Å². The lowest BCUT2D eigenvalue weighted by Gasteiger charge is -2.27. The molecule has 3 rings (SSSR count). The minimum atomic E-state index is -0.611. The minimum Gasteiger partial charge on any atom is -0.457 e. The average Bonchev–Trinajstić information content (AvgIpc) is 3.10. The van der Waals surface area contributed by atoms with Gasteiger partial charge in [-0.1, -0.05) is 6.08 Å². The van der Waals surface area contributed by atoms with Crippen molar-refractivity contribution >= 4 is 40.9 Å². The van der Waals surface area contributed by atoms with Crippen LogP contribution in [-0.4, -0.2) is 33.3 Å². The quantitative estimate of drug-likeness (QED) is 0.208. The number of nitrogens with zero attached hydrogens (tertiary/aromatic N) is 2. The van der Waals surface area contributed by atoms with Crippen molar-refractivity contribution in [2.75, 3.05) is 6.54 Å². The number of non-ortho nitro benzene ring substituents is 1. The molecule has 28 heavy (non-hydrogen) atoms. The molecule has 2 aromatic rings. The van der Waals surface area contributed by atoms with Crippen molar-refractivity contribution in [1.29, 1.82) is 0 Å². The summed E-state index contributed by atoms with van der Waals surface area (Å²) in [6.07, 6.45) is 2.83. The van der Waals surface area contributed by atoms with Crippen LogP contribution < -0.4 is 5.32 Å². The molecule has 0 saturated carbocycles. The standard InChI is InChI=1S/C19H15N3O5S/c1-3-8-21-18(24)15(17(23)20-19(21)28)10-13-5-7-16(27-13)14-6-4-12(22(25)26)9-11(14)2/h3-7,9-10H,1,8H2,2H3,(H,20,23,28). The Bertz CT molecular complexity index is 1050. The van der Waals surface area contributed by atoms with Gasteiger partial charge in [-0.2, -0.15) is 0 Å². The van der Waals surface area contributed by atoms with Gasteiger partial charge in [-0.25, -0.2) is 0 Å². The molecule has 1 fully saturated rings. The molecule has 1 saturated heterocycles. The highest BCUT2D eigenvalue weighted by Crippen LogP contribution is 2.29. The van der Waals surface area contributed by atoms with E-state index in [1.54, 1.807) is 25.1 Å². The zero-order chi connectivity index (χ0) is 20.4. The van der Waals surface area contributed by atoms with Gasteiger partial charge in [0.05, 0.1) is 4.92 Å². The lowest BCUT2D eigenvalue weighted by atomic mass is 10.1. The zero-order valence-electron chi connectivity index (χ0n) is 14.8. The highest BCUT2D eigenvalue weighted by molar-refractivity contribution is 7.80. The first-order valence-corrected chi connectivity index (χ1v) is 8.57. The number of amides is 2. The number of hydrogen-bond donors (Lipinski definition) is 1. The van der Waals surface area contributed by atoms with Crippen molar-refractivity contribution in [3.05, 3.63) is 70.0 Å². The smallest absolute Gasteiger partial charge is 0.269 e. The van der Waals surface area contributed by atoms with E-state index in [0.29, 0.717) is 16.9 Å². The summed E-state index contributed by atoms with van der Waals surface area (Å²) in [5.41, 5.74) is 1.20. The predicted octanol–water partition coefficient (Wildman–Crippen LogP) is 2.98. The fourth-order valence-corrected chi connectivity index (χ4v) is 2.99. The van der Waals surface area contributed by atoms with Crippen LogP contribution in [0.25, 0.3) is 17.4 Å². The maximum Gasteiger partial charge on any atom is 0.269 e. The molecule has 1 aromatic heterocycles. The third kappa shape index (κ3) is 3.60. The van der Waals surface area contributed by atoms with Crippen LogP contribution in [-0.2, 0) is 9.59 Å². The third-order valence-electron chi connectivity index (χ3n) is 4.10. The Morgan fingerprint density at radius 2 is 2.07 bits per heavy atom. The molecule has 2 amide bonds. The van der Waals surface area contributed by atoms with Gasteiger partial charge in [0.25, 0.3) is 17.5 Å². The Balaban J connectivity index is 1.92. The highest BCUT2D eigenvalue weighted by Gasteiger charge is 2.32. The summed E-state index contributed by atoms with van der Waals surface area (Å²) in [5, 5.41) is 13.3. The molecular weight excluding hydrogens is 382 g/mol. The number of nitro benzene ring substituents is 1. The van der Waals surface area contributed by atoms with Crippen molar-refractivity contribution in [1.82, 2.24) is 10.2 Å². The van der Waals surface area contributed by atoms with E-state index in [1.165, 1.54) is 29.2 Å². The SMILES string of the molecule is C=CCN1C(=O)C(=Cc2ccc(-c3ccc([N+](=O)[O-])cc3C)o2)C(=O)NC1=S. The van der Waals surface area contributed by atoms with E-state index in [0.717, 1.165) is 0 Å². The molecule has 1 aromatic carbocycles. The van der Waals surface area contributed by atoms with E-state index >= 15 is 0 Å². The van der Waals surface area contributed by atoms with Gasteiger partial charge < -0.3 is 4.42 Å². The molecule has 0 radical (unpaired) electrons. The van der Waals surface area contributed by atoms with Crippen LogP contribution >= 0.6 is 12.2 Å². The summed E-state index contributed by atoms with van der Waals surface area (Å²) in [7, 11) is 0. The minimum absolute atomic E-state index is 0.0158. The van der Waals surface area contributed by atoms with Crippen molar-refractivity contribution in [2.24, 2.45) is 0 Å². The van der Waals surface area contributed by atoms with Gasteiger partial charge in [0, 0.05) is 24.2 Å². The Morgan fingerprint density at radius 1 is 1.32 bits per heavy atom. The Kier molecular flexibility index (Phi) is 5.18. The predicted molar refractivity (Wildman–Crippen MR) is 106 cm³/mol. The lowest BCUT2D eigenvalue weighted by molar-refractivity contribution is -0.384. The van der Waals surface area contributed by atoms with Gasteiger partial charge in [-0.05, 0) is 49.0 Å². The second-order valence-corrected chi connectivity index (χ2v) is 6.37. The largest absolute Gasteiger partial charge is 0.457 e. The molecule has 9 heteroatoms. The summed E-state index contributed by atoms with van der Waals surface area (Å²) < 4.78 is 5.72. The molecule has 0 atom stereocenters. The summed E-state index contributed by atoms with van der Waals surface area (Å²) in [6, 6.07) is 7.69. The number of thiocarbonyl (C=S) groups is 1. The fraction of sp³-hybridized carbons (Fsp3) is 0.105. The Hall–Kier alpha value is -3.59. The number of carbonyl (C=O) groups is 2. The third-order valence-corrected chi connectivity index (χ3v) is 4.42. The number of hydrogen-bond acceptors (Lipinski definition) is 6. The molecule has 1 aliphatic rings. The molecule has 0 unspecified atom stereocenters. The van der Waals surface area contributed by atoms with Crippen LogP contribution in [0.2, 0.25) is 0 Å². The van der Waals surface area contributed by atoms with Gasteiger partial charge in [-0.15, -0.1) is 6.58 Å². The summed E-state index contributed by atoms with van der Waals surface area (Å²) in [6.45, 7) is 5.47. The van der Waals surface area contributed by atoms with Crippen LogP contribution in [0.5, 0.6) is 0 Å². The van der Waals surface area contributed by atoms with Crippen LogP contribution in [0.15, 0.2) is 53.0 Å². The number of furan rings is 1. The maximum atomic E-state index is 12.5.